The number of carbonyl (C=O) groups excluding carboxylic acids is 6. The lowest BCUT2D eigenvalue weighted by atomic mass is 9.91. The van der Waals surface area contributed by atoms with Crippen molar-refractivity contribution in [1.29, 1.82) is 0 Å². The number of hydrogen-bond donors (Lipinski definition) is 7. The van der Waals surface area contributed by atoms with E-state index in [9.17, 15) is 71.3 Å². The van der Waals surface area contributed by atoms with E-state index < -0.39 is 144 Å². The van der Waals surface area contributed by atoms with Crippen LogP contribution in [-0.2, 0) is 66.0 Å². The first-order valence-electron chi connectivity index (χ1n) is 21.5. The molecule has 3 aromatic carbocycles. The van der Waals surface area contributed by atoms with Gasteiger partial charge in [0.15, 0.2) is 17.3 Å². The van der Waals surface area contributed by atoms with E-state index in [0.29, 0.717) is 16.5 Å². The number of likely N-dealkylation sites (N-methyl/N-ethyl adjacent to an activating group) is 1. The first-order chi connectivity index (χ1) is 32.0. The fourth-order valence-electron chi connectivity index (χ4n) is 7.60. The van der Waals surface area contributed by atoms with Crippen molar-refractivity contribution in [2.45, 2.75) is 94.7 Å². The standard InChI is InChI=1S/C47H54FN5O14S/c1-27-11-14-35(15-12-27)68(66,67)52-38(24-44(61)62)41(56)23-30(13-17-42(57)58)45(63)50-26-34(55)21-31(19-29-7-6-8-33(48)20-29)46(64)51-39(22-32-25-49-37-10-5-4-9-36(32)37)47(65)53(3)40(28(2)54)16-18-43(59)60/h4-12,14-15,20,25,30-31,38-40,49,52H,13,16-19,21-24,26H2,1-3H3,(H,50,63)(H,51,64)(H,57,58)(H,59,60)(H,61,62)/t30-,31-,38-,39+,40+/m1/s1. The van der Waals surface area contributed by atoms with Crippen molar-refractivity contribution in [2.75, 3.05) is 13.6 Å². The molecule has 0 aliphatic heterocycles. The number of halogens is 1. The second kappa shape index (κ2) is 24.6. The first-order valence-corrected chi connectivity index (χ1v) is 23.0. The van der Waals surface area contributed by atoms with Crippen molar-refractivity contribution in [1.82, 2.24) is 25.2 Å². The molecule has 364 valence electrons. The van der Waals surface area contributed by atoms with Gasteiger partial charge in [-0.15, -0.1) is 0 Å². The van der Waals surface area contributed by atoms with Crippen molar-refractivity contribution in [3.63, 3.8) is 0 Å². The van der Waals surface area contributed by atoms with Crippen LogP contribution in [0.15, 0.2) is 83.9 Å². The number of carboxylic acids is 3. The normalized spacial score (nSPS) is 13.6. The van der Waals surface area contributed by atoms with Crippen LogP contribution in [0.1, 0.15) is 68.6 Å². The third kappa shape index (κ3) is 16.0. The number of benzene rings is 3. The van der Waals surface area contributed by atoms with Crippen LogP contribution in [0, 0.1) is 24.6 Å². The summed E-state index contributed by atoms with van der Waals surface area (Å²) in [5, 5.41) is 33.9. The topological polar surface area (TPSA) is 304 Å². The predicted octanol–water partition coefficient (Wildman–Crippen LogP) is 3.12. The molecule has 21 heteroatoms. The number of aliphatic carboxylic acids is 3. The number of H-pyrrole nitrogens is 1. The summed E-state index contributed by atoms with van der Waals surface area (Å²) in [4.78, 5) is 121. The van der Waals surface area contributed by atoms with E-state index in [1.54, 1.807) is 37.4 Å². The van der Waals surface area contributed by atoms with Crippen LogP contribution >= 0.6 is 0 Å². The van der Waals surface area contributed by atoms with Crippen molar-refractivity contribution < 1.29 is 71.3 Å². The molecule has 0 spiro atoms. The fraction of sp³-hybridized carbons (Fsp3) is 0.383. The van der Waals surface area contributed by atoms with Gasteiger partial charge < -0.3 is 35.8 Å². The van der Waals surface area contributed by atoms with E-state index in [0.717, 1.165) is 22.6 Å². The molecule has 0 fully saturated rings. The predicted molar refractivity (Wildman–Crippen MR) is 242 cm³/mol. The van der Waals surface area contributed by atoms with Gasteiger partial charge in [0.2, 0.25) is 27.7 Å². The first kappa shape index (κ1) is 53.5. The molecule has 3 amide bonds. The Bertz CT molecular complexity index is 2630. The molecule has 19 nitrogen and oxygen atoms in total. The number of carbonyl (C=O) groups is 9. The number of nitrogens with one attached hydrogen (secondary N) is 4. The van der Waals surface area contributed by atoms with Crippen molar-refractivity contribution in [2.24, 2.45) is 11.8 Å². The third-order valence-corrected chi connectivity index (χ3v) is 12.7. The van der Waals surface area contributed by atoms with E-state index in [2.05, 4.69) is 20.3 Å². The number of sulfonamides is 1. The maximum atomic E-state index is 14.4. The number of ketones is 3. The molecule has 5 atom stereocenters. The van der Waals surface area contributed by atoms with Gasteiger partial charge in [-0.05, 0) is 74.6 Å². The van der Waals surface area contributed by atoms with Gasteiger partial charge in [-0.1, -0.05) is 48.0 Å². The van der Waals surface area contributed by atoms with Gasteiger partial charge in [-0.2, -0.15) is 0 Å². The number of aryl methyl sites for hydroxylation is 1. The van der Waals surface area contributed by atoms with Crippen molar-refractivity contribution >= 4 is 73.9 Å². The molecule has 0 unspecified atom stereocenters. The molecule has 0 saturated heterocycles. The highest BCUT2D eigenvalue weighted by molar-refractivity contribution is 7.89. The molecule has 7 N–H and O–H groups in total. The Morgan fingerprint density at radius 2 is 1.41 bits per heavy atom. The molecule has 0 bridgehead atoms. The number of para-hydroxylation sites is 1. The minimum atomic E-state index is -4.45. The molecular formula is C47H54FN5O14S. The number of nitrogens with zero attached hydrogens (tertiary/aromatic N) is 1. The Balaban J connectivity index is 1.57. The zero-order valence-electron chi connectivity index (χ0n) is 37.5. The van der Waals surface area contributed by atoms with Crippen LogP contribution in [0.25, 0.3) is 10.9 Å². The lowest BCUT2D eigenvalue weighted by Gasteiger charge is -2.31. The third-order valence-electron chi connectivity index (χ3n) is 11.2. The van der Waals surface area contributed by atoms with Crippen LogP contribution in [0.4, 0.5) is 4.39 Å². The molecular weight excluding hydrogens is 910 g/mol. The fourth-order valence-corrected chi connectivity index (χ4v) is 8.82. The quantitative estimate of drug-likeness (QED) is 0.0431. The molecule has 0 saturated carbocycles. The second-order valence-electron chi connectivity index (χ2n) is 16.5. The van der Waals surface area contributed by atoms with Crippen LogP contribution in [0.2, 0.25) is 0 Å². The van der Waals surface area contributed by atoms with E-state index in [1.165, 1.54) is 50.4 Å². The minimum absolute atomic E-state index is 0.129. The Morgan fingerprint density at radius 3 is 2.04 bits per heavy atom. The molecule has 1 heterocycles. The lowest BCUT2D eigenvalue weighted by molar-refractivity contribution is -0.143. The molecule has 0 radical (unpaired) electrons. The van der Waals surface area contributed by atoms with Gasteiger partial charge in [0.25, 0.3) is 0 Å². The molecule has 0 aliphatic rings. The summed E-state index contributed by atoms with van der Waals surface area (Å²) in [7, 11) is -3.15. The molecule has 68 heavy (non-hydrogen) atoms. The number of Topliss-reactive ketones (excluding diaryl/α,β-unsaturated/α-hetero) is 3. The minimum Gasteiger partial charge on any atom is -0.481 e. The lowest BCUT2D eigenvalue weighted by Crippen LogP contribution is -2.54. The van der Waals surface area contributed by atoms with Gasteiger partial charge in [0.1, 0.15) is 11.9 Å². The van der Waals surface area contributed by atoms with Gasteiger partial charge in [-0.25, -0.2) is 17.5 Å². The van der Waals surface area contributed by atoms with Gasteiger partial charge >= 0.3 is 17.9 Å². The maximum absolute atomic E-state index is 14.4. The number of fused-ring (bicyclic) bond motifs is 1. The summed E-state index contributed by atoms with van der Waals surface area (Å²) in [5.74, 6) is -12.5. The monoisotopic (exact) mass is 963 g/mol. The SMILES string of the molecule is CC(=O)[C@H](CCC(=O)O)N(C)C(=O)[C@H](Cc1c[nH]c2ccccc12)NC(=O)[C@@H](CC(=O)CNC(=O)[C@H](CCC(=O)O)CC(=O)[C@@H](CC(=O)O)NS(=O)(=O)c1ccc(C)cc1)Cc1cccc(F)c1. The Hall–Kier alpha value is -7.13. The molecule has 1 aromatic heterocycles. The van der Waals surface area contributed by atoms with Crippen LogP contribution < -0.4 is 15.4 Å². The van der Waals surface area contributed by atoms with Crippen LogP contribution in [0.5, 0.6) is 0 Å². The summed E-state index contributed by atoms with van der Waals surface area (Å²) < 4.78 is 42.7. The number of hydrogen-bond acceptors (Lipinski definition) is 11. The summed E-state index contributed by atoms with van der Waals surface area (Å²) in [6.45, 7) is 2.13. The number of rotatable bonds is 28. The largest absolute Gasteiger partial charge is 0.481 e. The van der Waals surface area contributed by atoms with Crippen molar-refractivity contribution in [3.05, 3.63) is 102 Å². The summed E-state index contributed by atoms with van der Waals surface area (Å²) in [5.41, 5.74) is 2.30. The maximum Gasteiger partial charge on any atom is 0.305 e. The number of amides is 3. The van der Waals surface area contributed by atoms with Crippen LogP contribution in [0.3, 0.4) is 0 Å². The van der Waals surface area contributed by atoms with Crippen LogP contribution in [-0.4, -0.2) is 118 Å². The van der Waals surface area contributed by atoms with Crippen molar-refractivity contribution in [3.8, 4) is 0 Å². The molecule has 4 rings (SSSR count). The number of aromatic amines is 1. The smallest absolute Gasteiger partial charge is 0.305 e. The number of carboxylic acid groups (broad SMARTS) is 3. The van der Waals surface area contributed by atoms with E-state index in [-0.39, 0.29) is 29.7 Å². The van der Waals surface area contributed by atoms with Gasteiger partial charge in [-0.3, -0.25) is 43.2 Å². The highest BCUT2D eigenvalue weighted by atomic mass is 32.2. The second-order valence-corrected chi connectivity index (χ2v) is 18.2. The number of aromatic nitrogens is 1. The Kier molecular flexibility index (Phi) is 19.3. The zero-order chi connectivity index (χ0) is 50.3. The zero-order valence-corrected chi connectivity index (χ0v) is 38.3. The molecule has 0 aliphatic carbocycles. The Labute approximate surface area is 390 Å². The van der Waals surface area contributed by atoms with Gasteiger partial charge in [0.05, 0.1) is 29.9 Å². The van der Waals surface area contributed by atoms with E-state index in [4.69, 9.17) is 0 Å². The van der Waals surface area contributed by atoms with Gasteiger partial charge in [0, 0.05) is 68.1 Å². The summed E-state index contributed by atoms with van der Waals surface area (Å²) in [6, 6.07) is 13.3. The molecule has 4 aromatic rings. The Morgan fingerprint density at radius 1 is 0.750 bits per heavy atom. The average molecular weight is 964 g/mol. The summed E-state index contributed by atoms with van der Waals surface area (Å²) >= 11 is 0. The van der Waals surface area contributed by atoms with E-state index in [1.807, 2.05) is 0 Å². The highest BCUT2D eigenvalue weighted by Crippen LogP contribution is 2.23. The highest BCUT2D eigenvalue weighted by Gasteiger charge is 2.35. The summed E-state index contributed by atoms with van der Waals surface area (Å²) in [6.07, 6.45) is -2.97. The van der Waals surface area contributed by atoms with E-state index >= 15 is 0 Å². The average Bonchev–Trinajstić information content (AvgIpc) is 3.68.